The van der Waals surface area contributed by atoms with Crippen molar-refractivity contribution in [3.8, 4) is 0 Å². The Kier molecular flexibility index (Phi) is 6.19. The van der Waals surface area contributed by atoms with Crippen molar-refractivity contribution in [1.29, 1.82) is 0 Å². The summed E-state index contributed by atoms with van der Waals surface area (Å²) < 4.78 is 6.56. The normalized spacial score (nSPS) is 19.3. The van der Waals surface area contributed by atoms with Gasteiger partial charge in [-0.15, -0.1) is 11.3 Å². The van der Waals surface area contributed by atoms with Crippen LogP contribution in [0.15, 0.2) is 48.7 Å². The SMILES string of the molecule is O=C(c1sc2ccccc2c1C[C@@H]1CCCCN1C(=O)c1ccccn1)N1CCOCC1. The van der Waals surface area contributed by atoms with E-state index in [4.69, 9.17) is 4.74 Å². The van der Waals surface area contributed by atoms with Crippen molar-refractivity contribution >= 4 is 33.2 Å². The Balaban J connectivity index is 1.48. The molecule has 2 amide bonds. The van der Waals surface area contributed by atoms with Gasteiger partial charge in [0.15, 0.2) is 0 Å². The molecule has 166 valence electrons. The molecule has 0 aliphatic carbocycles. The van der Waals surface area contributed by atoms with Gasteiger partial charge in [-0.25, -0.2) is 0 Å². The second-order valence-corrected chi connectivity index (χ2v) is 9.43. The number of nitrogens with zero attached hydrogens (tertiary/aromatic N) is 3. The second kappa shape index (κ2) is 9.38. The quantitative estimate of drug-likeness (QED) is 0.604. The summed E-state index contributed by atoms with van der Waals surface area (Å²) in [5.74, 6) is 0.0683. The van der Waals surface area contributed by atoms with Gasteiger partial charge in [-0.05, 0) is 54.8 Å². The zero-order valence-corrected chi connectivity index (χ0v) is 18.9. The highest BCUT2D eigenvalue weighted by molar-refractivity contribution is 7.21. The third kappa shape index (κ3) is 4.14. The van der Waals surface area contributed by atoms with Crippen molar-refractivity contribution in [2.24, 2.45) is 0 Å². The molecule has 3 aromatic rings. The third-order valence-corrected chi connectivity index (χ3v) is 7.60. The summed E-state index contributed by atoms with van der Waals surface area (Å²) in [7, 11) is 0. The lowest BCUT2D eigenvalue weighted by Crippen LogP contribution is -2.45. The van der Waals surface area contributed by atoms with Crippen molar-refractivity contribution in [3.63, 3.8) is 0 Å². The molecule has 2 aliphatic rings. The molecule has 6 nitrogen and oxygen atoms in total. The number of hydrogen-bond acceptors (Lipinski definition) is 5. The molecule has 5 rings (SSSR count). The van der Waals surface area contributed by atoms with E-state index in [0.717, 1.165) is 46.3 Å². The molecule has 32 heavy (non-hydrogen) atoms. The van der Waals surface area contributed by atoms with Gasteiger partial charge in [0, 0.05) is 36.6 Å². The minimum atomic E-state index is -0.0177. The van der Waals surface area contributed by atoms with Crippen LogP contribution in [-0.4, -0.2) is 65.5 Å². The highest BCUT2D eigenvalue weighted by atomic mass is 32.1. The Morgan fingerprint density at radius 3 is 2.62 bits per heavy atom. The lowest BCUT2D eigenvalue weighted by Gasteiger charge is -2.36. The first-order chi connectivity index (χ1) is 15.7. The summed E-state index contributed by atoms with van der Waals surface area (Å²) >= 11 is 1.57. The van der Waals surface area contributed by atoms with E-state index < -0.39 is 0 Å². The summed E-state index contributed by atoms with van der Waals surface area (Å²) in [6.45, 7) is 3.15. The van der Waals surface area contributed by atoms with Crippen LogP contribution in [0.4, 0.5) is 0 Å². The molecule has 0 radical (unpaired) electrons. The summed E-state index contributed by atoms with van der Waals surface area (Å²) in [6.07, 6.45) is 5.38. The Bertz CT molecular complexity index is 1110. The number of ether oxygens (including phenoxy) is 1. The molecule has 0 spiro atoms. The van der Waals surface area contributed by atoms with Gasteiger partial charge in [-0.3, -0.25) is 14.6 Å². The average molecular weight is 450 g/mol. The third-order valence-electron chi connectivity index (χ3n) is 6.40. The second-order valence-electron chi connectivity index (χ2n) is 8.38. The maximum atomic E-state index is 13.5. The number of carbonyl (C=O) groups is 2. The van der Waals surface area contributed by atoms with E-state index in [9.17, 15) is 9.59 Å². The summed E-state index contributed by atoms with van der Waals surface area (Å²) in [5, 5.41) is 1.13. The Labute approximate surface area is 191 Å². The van der Waals surface area contributed by atoms with Gasteiger partial charge in [0.25, 0.3) is 11.8 Å². The molecule has 2 aromatic heterocycles. The molecule has 4 heterocycles. The van der Waals surface area contributed by atoms with Crippen LogP contribution in [0.25, 0.3) is 10.1 Å². The zero-order valence-electron chi connectivity index (χ0n) is 18.0. The Morgan fingerprint density at radius 2 is 1.81 bits per heavy atom. The van der Waals surface area contributed by atoms with Crippen molar-refractivity contribution in [2.75, 3.05) is 32.8 Å². The standard InChI is InChI=1S/C25H27N3O3S/c29-24(21-9-3-5-11-26-21)28-12-6-4-7-18(28)17-20-19-8-1-2-10-22(19)32-23(20)25(30)27-13-15-31-16-14-27/h1-3,5,8-11,18H,4,6-7,12-17H2/t18-/m0/s1. The van der Waals surface area contributed by atoms with Crippen LogP contribution in [0, 0.1) is 0 Å². The molecule has 0 N–H and O–H groups in total. The number of carbonyl (C=O) groups excluding carboxylic acids is 2. The van der Waals surface area contributed by atoms with E-state index in [2.05, 4.69) is 17.1 Å². The van der Waals surface area contributed by atoms with Crippen LogP contribution < -0.4 is 0 Å². The maximum Gasteiger partial charge on any atom is 0.272 e. The van der Waals surface area contributed by atoms with Crippen molar-refractivity contribution in [2.45, 2.75) is 31.7 Å². The Hall–Kier alpha value is -2.77. The number of hydrogen-bond donors (Lipinski definition) is 0. The van der Waals surface area contributed by atoms with E-state index in [-0.39, 0.29) is 17.9 Å². The highest BCUT2D eigenvalue weighted by Gasteiger charge is 2.32. The minimum absolute atomic E-state index is 0.0177. The molecule has 0 bridgehead atoms. The number of aromatic nitrogens is 1. The van der Waals surface area contributed by atoms with Crippen LogP contribution in [0.2, 0.25) is 0 Å². The summed E-state index contributed by atoms with van der Waals surface area (Å²) in [5.41, 5.74) is 1.56. The van der Waals surface area contributed by atoms with Crippen LogP contribution >= 0.6 is 11.3 Å². The van der Waals surface area contributed by atoms with E-state index in [1.165, 1.54) is 0 Å². The van der Waals surface area contributed by atoms with E-state index in [1.807, 2.05) is 34.1 Å². The fraction of sp³-hybridized carbons (Fsp3) is 0.400. The molecular weight excluding hydrogens is 422 g/mol. The average Bonchev–Trinajstić information content (AvgIpc) is 3.23. The molecule has 7 heteroatoms. The molecule has 0 saturated carbocycles. The first-order valence-corrected chi connectivity index (χ1v) is 12.1. The number of fused-ring (bicyclic) bond motifs is 1. The van der Waals surface area contributed by atoms with Crippen molar-refractivity contribution in [1.82, 2.24) is 14.8 Å². The van der Waals surface area contributed by atoms with Gasteiger partial charge < -0.3 is 14.5 Å². The van der Waals surface area contributed by atoms with E-state index in [0.29, 0.717) is 38.4 Å². The molecule has 2 fully saturated rings. The van der Waals surface area contributed by atoms with E-state index in [1.54, 1.807) is 23.6 Å². The van der Waals surface area contributed by atoms with Crippen LogP contribution in [-0.2, 0) is 11.2 Å². The topological polar surface area (TPSA) is 62.7 Å². The lowest BCUT2D eigenvalue weighted by molar-refractivity contribution is 0.0305. The largest absolute Gasteiger partial charge is 0.378 e. The summed E-state index contributed by atoms with van der Waals surface area (Å²) in [6, 6.07) is 13.7. The van der Waals surface area contributed by atoms with Crippen molar-refractivity contribution in [3.05, 3.63) is 64.8 Å². The van der Waals surface area contributed by atoms with Crippen LogP contribution in [0.5, 0.6) is 0 Å². The van der Waals surface area contributed by atoms with Gasteiger partial charge in [0.05, 0.1) is 18.1 Å². The van der Waals surface area contributed by atoms with Crippen molar-refractivity contribution < 1.29 is 14.3 Å². The first kappa shape index (κ1) is 21.1. The monoisotopic (exact) mass is 449 g/mol. The molecule has 2 saturated heterocycles. The van der Waals surface area contributed by atoms with Gasteiger partial charge >= 0.3 is 0 Å². The number of pyridine rings is 1. The van der Waals surface area contributed by atoms with Gasteiger partial charge in [0.1, 0.15) is 5.69 Å². The predicted octanol–water partition coefficient (Wildman–Crippen LogP) is 4.01. The van der Waals surface area contributed by atoms with Crippen LogP contribution in [0.3, 0.4) is 0 Å². The molecular formula is C25H27N3O3S. The molecule has 0 unspecified atom stereocenters. The minimum Gasteiger partial charge on any atom is -0.378 e. The smallest absolute Gasteiger partial charge is 0.272 e. The predicted molar refractivity (Wildman–Crippen MR) is 125 cm³/mol. The highest BCUT2D eigenvalue weighted by Crippen LogP contribution is 2.35. The molecule has 1 aromatic carbocycles. The van der Waals surface area contributed by atoms with E-state index >= 15 is 0 Å². The zero-order chi connectivity index (χ0) is 21.9. The lowest BCUT2D eigenvalue weighted by atomic mass is 9.93. The number of likely N-dealkylation sites (tertiary alicyclic amines) is 1. The number of thiophene rings is 1. The number of amides is 2. The fourth-order valence-corrected chi connectivity index (χ4v) is 5.94. The molecule has 1 atom stereocenters. The van der Waals surface area contributed by atoms with Gasteiger partial charge in [-0.1, -0.05) is 24.3 Å². The molecule has 2 aliphatic heterocycles. The Morgan fingerprint density at radius 1 is 1.00 bits per heavy atom. The first-order valence-electron chi connectivity index (χ1n) is 11.3. The number of piperidine rings is 1. The van der Waals surface area contributed by atoms with Crippen LogP contribution in [0.1, 0.15) is 45.0 Å². The fourth-order valence-electron chi connectivity index (χ4n) is 4.74. The van der Waals surface area contributed by atoms with Gasteiger partial charge in [0.2, 0.25) is 0 Å². The maximum absolute atomic E-state index is 13.5. The summed E-state index contributed by atoms with van der Waals surface area (Å²) in [4.78, 5) is 35.7. The number of rotatable bonds is 4. The number of morpholine rings is 1. The number of benzene rings is 1. The van der Waals surface area contributed by atoms with Gasteiger partial charge in [-0.2, -0.15) is 0 Å².